The van der Waals surface area contributed by atoms with Gasteiger partial charge in [-0.2, -0.15) is 20.3 Å². The largest absolute Gasteiger partial charge is 0.353 e. The van der Waals surface area contributed by atoms with Crippen LogP contribution in [0.2, 0.25) is 0 Å². The van der Waals surface area contributed by atoms with Crippen LogP contribution in [0.5, 0.6) is 0 Å². The van der Waals surface area contributed by atoms with Crippen molar-refractivity contribution in [2.75, 3.05) is 17.2 Å². The van der Waals surface area contributed by atoms with Crippen LogP contribution < -0.4 is 16.4 Å². The number of nitrogens with two attached hydrogens (primary N) is 1. The van der Waals surface area contributed by atoms with E-state index in [-0.39, 0.29) is 6.04 Å². The molecule has 5 N–H and O–H groups in total. The third-order valence-electron chi connectivity index (χ3n) is 2.80. The molecule has 0 saturated heterocycles. The Hall–Kier alpha value is -2.74. The molecular weight excluding hydrogens is 268 g/mol. The van der Waals surface area contributed by atoms with E-state index < -0.39 is 0 Å². The quantitative estimate of drug-likeness (QED) is 0.557. The van der Waals surface area contributed by atoms with Crippen LogP contribution in [-0.4, -0.2) is 38.0 Å². The molecule has 1 unspecified atom stereocenters. The molecule has 0 bridgehead atoms. The molecule has 0 aliphatic rings. The molecule has 21 heavy (non-hydrogen) atoms. The van der Waals surface area contributed by atoms with Gasteiger partial charge in [-0.05, 0) is 19.1 Å². The highest BCUT2D eigenvalue weighted by Gasteiger charge is 2.11. The zero-order valence-corrected chi connectivity index (χ0v) is 11.5. The van der Waals surface area contributed by atoms with Crippen molar-refractivity contribution in [3.05, 3.63) is 30.3 Å². The van der Waals surface area contributed by atoms with E-state index >= 15 is 0 Å². The number of benzene rings is 1. The van der Waals surface area contributed by atoms with E-state index in [0.717, 1.165) is 5.69 Å². The lowest BCUT2D eigenvalue weighted by Gasteiger charge is -2.10. The SMILES string of the molecule is CC(N)CNc1nc(Nc2ccccc2)c2n[nH]nc2n1. The van der Waals surface area contributed by atoms with Gasteiger partial charge in [-0.3, -0.25) is 0 Å². The topological polar surface area (TPSA) is 117 Å². The van der Waals surface area contributed by atoms with Gasteiger partial charge in [0.2, 0.25) is 11.6 Å². The molecule has 1 aromatic carbocycles. The standard InChI is InChI=1S/C13H16N8/c1-8(14)7-15-13-17-11(10-12(18-13)20-21-19-10)16-9-5-3-2-4-6-9/h2-6,8H,7,14H2,1H3,(H3,15,16,17,18,19,20,21). The summed E-state index contributed by atoms with van der Waals surface area (Å²) in [5.41, 5.74) is 7.73. The number of fused-ring (bicyclic) bond motifs is 1. The fraction of sp³-hybridized carbons (Fsp3) is 0.231. The predicted octanol–water partition coefficient (Wildman–Crippen LogP) is 1.25. The molecular formula is C13H16N8. The number of hydrogen-bond acceptors (Lipinski definition) is 7. The second kappa shape index (κ2) is 5.71. The molecule has 0 amide bonds. The Morgan fingerprint density at radius 3 is 2.76 bits per heavy atom. The lowest BCUT2D eigenvalue weighted by Crippen LogP contribution is -2.26. The lowest BCUT2D eigenvalue weighted by atomic mass is 10.3. The van der Waals surface area contributed by atoms with E-state index in [1.54, 1.807) is 0 Å². The van der Waals surface area contributed by atoms with Crippen LogP contribution in [0.3, 0.4) is 0 Å². The van der Waals surface area contributed by atoms with E-state index in [1.807, 2.05) is 37.3 Å². The second-order valence-corrected chi connectivity index (χ2v) is 4.74. The van der Waals surface area contributed by atoms with E-state index in [9.17, 15) is 0 Å². The minimum atomic E-state index is 0.00661. The van der Waals surface area contributed by atoms with Crippen LogP contribution in [0.4, 0.5) is 17.5 Å². The molecule has 3 rings (SSSR count). The first kappa shape index (κ1) is 13.3. The molecule has 2 aromatic heterocycles. The normalized spacial score (nSPS) is 12.3. The number of nitrogens with zero attached hydrogens (tertiary/aromatic N) is 4. The molecule has 0 aliphatic carbocycles. The van der Waals surface area contributed by atoms with Crippen molar-refractivity contribution < 1.29 is 0 Å². The summed E-state index contributed by atoms with van der Waals surface area (Å²) in [7, 11) is 0. The highest BCUT2D eigenvalue weighted by atomic mass is 15.4. The Morgan fingerprint density at radius 1 is 1.19 bits per heavy atom. The van der Waals surface area contributed by atoms with Crippen molar-refractivity contribution in [1.82, 2.24) is 25.4 Å². The van der Waals surface area contributed by atoms with Crippen LogP contribution in [0.15, 0.2) is 30.3 Å². The average Bonchev–Trinajstić information content (AvgIpc) is 2.95. The smallest absolute Gasteiger partial charge is 0.226 e. The summed E-state index contributed by atoms with van der Waals surface area (Å²) in [5.74, 6) is 1.05. The summed E-state index contributed by atoms with van der Waals surface area (Å²) >= 11 is 0. The Bertz CT molecular complexity index is 721. The number of H-pyrrole nitrogens is 1. The summed E-state index contributed by atoms with van der Waals surface area (Å²) in [6.45, 7) is 2.49. The van der Waals surface area contributed by atoms with Gasteiger partial charge in [-0.25, -0.2) is 0 Å². The summed E-state index contributed by atoms with van der Waals surface area (Å²) < 4.78 is 0. The van der Waals surface area contributed by atoms with Gasteiger partial charge in [0, 0.05) is 18.3 Å². The number of rotatable bonds is 5. The second-order valence-electron chi connectivity index (χ2n) is 4.74. The van der Waals surface area contributed by atoms with E-state index in [4.69, 9.17) is 5.73 Å². The lowest BCUT2D eigenvalue weighted by molar-refractivity contribution is 0.774. The number of aromatic nitrogens is 5. The van der Waals surface area contributed by atoms with Crippen molar-refractivity contribution in [3.8, 4) is 0 Å². The van der Waals surface area contributed by atoms with Crippen molar-refractivity contribution in [3.63, 3.8) is 0 Å². The Kier molecular flexibility index (Phi) is 3.61. The van der Waals surface area contributed by atoms with Crippen molar-refractivity contribution in [1.29, 1.82) is 0 Å². The highest BCUT2D eigenvalue weighted by molar-refractivity contribution is 5.85. The molecule has 0 fully saturated rings. The Labute approximate surface area is 121 Å². The molecule has 2 heterocycles. The third kappa shape index (κ3) is 3.06. The molecule has 8 nitrogen and oxygen atoms in total. The maximum Gasteiger partial charge on any atom is 0.226 e. The van der Waals surface area contributed by atoms with Gasteiger partial charge in [-0.1, -0.05) is 18.2 Å². The maximum absolute atomic E-state index is 5.73. The zero-order chi connectivity index (χ0) is 14.7. The fourth-order valence-electron chi connectivity index (χ4n) is 1.82. The molecule has 8 heteroatoms. The fourth-order valence-corrected chi connectivity index (χ4v) is 1.82. The van der Waals surface area contributed by atoms with Crippen molar-refractivity contribution in [2.24, 2.45) is 5.73 Å². The van der Waals surface area contributed by atoms with Crippen LogP contribution in [0.25, 0.3) is 11.2 Å². The summed E-state index contributed by atoms with van der Waals surface area (Å²) in [6.07, 6.45) is 0. The molecule has 3 aromatic rings. The van der Waals surface area contributed by atoms with Gasteiger partial charge in [-0.15, -0.1) is 5.10 Å². The number of hydrogen-bond donors (Lipinski definition) is 4. The summed E-state index contributed by atoms with van der Waals surface area (Å²) in [6, 6.07) is 9.74. The van der Waals surface area contributed by atoms with Crippen LogP contribution >= 0.6 is 0 Å². The first-order chi connectivity index (χ1) is 10.2. The number of para-hydroxylation sites is 1. The molecule has 0 spiro atoms. The molecule has 108 valence electrons. The van der Waals surface area contributed by atoms with E-state index in [2.05, 4.69) is 36.0 Å². The van der Waals surface area contributed by atoms with E-state index in [1.165, 1.54) is 0 Å². The van der Waals surface area contributed by atoms with Gasteiger partial charge < -0.3 is 16.4 Å². The van der Waals surface area contributed by atoms with Crippen molar-refractivity contribution in [2.45, 2.75) is 13.0 Å². The van der Waals surface area contributed by atoms with Crippen LogP contribution in [-0.2, 0) is 0 Å². The first-order valence-corrected chi connectivity index (χ1v) is 6.62. The molecule has 0 radical (unpaired) electrons. The Balaban J connectivity index is 1.93. The van der Waals surface area contributed by atoms with Gasteiger partial charge in [0.25, 0.3) is 0 Å². The van der Waals surface area contributed by atoms with Gasteiger partial charge >= 0.3 is 0 Å². The summed E-state index contributed by atoms with van der Waals surface area (Å²) in [5, 5.41) is 16.9. The van der Waals surface area contributed by atoms with Gasteiger partial charge in [0.05, 0.1) is 0 Å². The van der Waals surface area contributed by atoms with Crippen LogP contribution in [0.1, 0.15) is 6.92 Å². The number of aromatic amines is 1. The zero-order valence-electron chi connectivity index (χ0n) is 11.5. The maximum atomic E-state index is 5.73. The number of anilines is 3. The minimum Gasteiger partial charge on any atom is -0.353 e. The van der Waals surface area contributed by atoms with Crippen molar-refractivity contribution >= 4 is 28.6 Å². The van der Waals surface area contributed by atoms with E-state index in [0.29, 0.717) is 29.5 Å². The van der Waals surface area contributed by atoms with Gasteiger partial charge in [0.15, 0.2) is 11.3 Å². The average molecular weight is 284 g/mol. The third-order valence-corrected chi connectivity index (χ3v) is 2.80. The van der Waals surface area contributed by atoms with Gasteiger partial charge in [0.1, 0.15) is 0 Å². The Morgan fingerprint density at radius 2 is 2.00 bits per heavy atom. The molecule has 0 saturated carbocycles. The van der Waals surface area contributed by atoms with Crippen LogP contribution in [0, 0.1) is 0 Å². The monoisotopic (exact) mass is 284 g/mol. The number of nitrogens with one attached hydrogen (secondary N) is 3. The minimum absolute atomic E-state index is 0.00661. The highest BCUT2D eigenvalue weighted by Crippen LogP contribution is 2.21. The first-order valence-electron chi connectivity index (χ1n) is 6.62. The molecule has 0 aliphatic heterocycles. The molecule has 1 atom stereocenters. The summed E-state index contributed by atoms with van der Waals surface area (Å²) in [4.78, 5) is 8.72. The predicted molar refractivity (Wildman–Crippen MR) is 81.3 cm³/mol.